The third-order valence-corrected chi connectivity index (χ3v) is 5.29. The highest BCUT2D eigenvalue weighted by atomic mass is 16.5. The van der Waals surface area contributed by atoms with Crippen LogP contribution in [0.25, 0.3) is 11.2 Å². The van der Waals surface area contributed by atoms with Crippen molar-refractivity contribution in [2.75, 3.05) is 32.8 Å². The van der Waals surface area contributed by atoms with Gasteiger partial charge in [0, 0.05) is 44.8 Å². The number of nitrogens with one attached hydrogen (secondary N) is 1. The molecule has 158 valence electrons. The van der Waals surface area contributed by atoms with E-state index in [4.69, 9.17) is 4.74 Å². The summed E-state index contributed by atoms with van der Waals surface area (Å²) in [6.45, 7) is 8.70. The molecule has 1 aliphatic heterocycles. The summed E-state index contributed by atoms with van der Waals surface area (Å²) in [6.07, 6.45) is 7.04. The number of amides is 1. The van der Waals surface area contributed by atoms with Gasteiger partial charge in [0.2, 0.25) is 0 Å². The minimum absolute atomic E-state index is 0.0495. The average Bonchev–Trinajstić information content (AvgIpc) is 3.16. The second-order valence-corrected chi connectivity index (χ2v) is 8.02. The minimum atomic E-state index is -0.148. The summed E-state index contributed by atoms with van der Waals surface area (Å²) in [4.78, 5) is 28.3. The molecule has 0 spiro atoms. The van der Waals surface area contributed by atoms with Crippen molar-refractivity contribution in [3.63, 3.8) is 0 Å². The normalized spacial score (nSPS) is 16.1. The van der Waals surface area contributed by atoms with Crippen LogP contribution in [0.2, 0.25) is 0 Å². The molecule has 3 aromatic heterocycles. The molecule has 8 heteroatoms. The number of aromatic nitrogens is 4. The van der Waals surface area contributed by atoms with E-state index in [9.17, 15) is 4.79 Å². The molecule has 8 nitrogen and oxygen atoms in total. The number of imidazole rings is 1. The van der Waals surface area contributed by atoms with Crippen molar-refractivity contribution >= 4 is 17.1 Å². The van der Waals surface area contributed by atoms with E-state index < -0.39 is 0 Å². The molecule has 1 saturated heterocycles. The Balaban J connectivity index is 1.47. The molecule has 4 rings (SSSR count). The van der Waals surface area contributed by atoms with E-state index in [0.717, 1.165) is 36.4 Å². The molecule has 0 bridgehead atoms. The highest BCUT2D eigenvalue weighted by Gasteiger charge is 2.23. The standard InChI is InChI=1S/C22H28N6O2/c1-16(2)14-28-15-26-19-10-18(12-24-21(19)28)22(29)25-13-20(17-4-3-5-23-11-17)27-6-8-30-9-7-27/h3-5,10-12,15-16,20H,6-9,13-14H2,1-2H3,(H,25,29). The fourth-order valence-corrected chi connectivity index (χ4v) is 3.81. The zero-order valence-corrected chi connectivity index (χ0v) is 17.5. The van der Waals surface area contributed by atoms with Crippen LogP contribution in [0.4, 0.5) is 0 Å². The van der Waals surface area contributed by atoms with Crippen molar-refractivity contribution in [1.29, 1.82) is 0 Å². The summed E-state index contributed by atoms with van der Waals surface area (Å²) in [6, 6.07) is 5.83. The number of morpholine rings is 1. The van der Waals surface area contributed by atoms with E-state index in [1.54, 1.807) is 18.7 Å². The molecule has 0 aliphatic carbocycles. The van der Waals surface area contributed by atoms with E-state index >= 15 is 0 Å². The van der Waals surface area contributed by atoms with Gasteiger partial charge in [-0.3, -0.25) is 14.7 Å². The van der Waals surface area contributed by atoms with Crippen molar-refractivity contribution in [2.45, 2.75) is 26.4 Å². The van der Waals surface area contributed by atoms with Crippen LogP contribution in [0.15, 0.2) is 43.1 Å². The van der Waals surface area contributed by atoms with Crippen molar-refractivity contribution in [2.24, 2.45) is 5.92 Å². The van der Waals surface area contributed by atoms with Crippen molar-refractivity contribution in [1.82, 2.24) is 29.7 Å². The number of carbonyl (C=O) groups excluding carboxylic acids is 1. The molecule has 3 aromatic rings. The van der Waals surface area contributed by atoms with Crippen LogP contribution in [-0.2, 0) is 11.3 Å². The molecule has 1 N–H and O–H groups in total. The van der Waals surface area contributed by atoms with Crippen LogP contribution in [-0.4, -0.2) is 63.2 Å². The molecule has 1 atom stereocenters. The molecule has 0 saturated carbocycles. The first kappa shape index (κ1) is 20.4. The van der Waals surface area contributed by atoms with Crippen molar-refractivity contribution in [3.8, 4) is 0 Å². The average molecular weight is 409 g/mol. The molecule has 30 heavy (non-hydrogen) atoms. The number of hydrogen-bond donors (Lipinski definition) is 1. The molecule has 1 aliphatic rings. The summed E-state index contributed by atoms with van der Waals surface area (Å²) in [5.41, 5.74) is 3.15. The zero-order chi connectivity index (χ0) is 20.9. The highest BCUT2D eigenvalue weighted by molar-refractivity contribution is 5.96. The van der Waals surface area contributed by atoms with Gasteiger partial charge in [0.05, 0.1) is 31.1 Å². The van der Waals surface area contributed by atoms with E-state index in [2.05, 4.69) is 39.0 Å². The number of nitrogens with zero attached hydrogens (tertiary/aromatic N) is 5. The largest absolute Gasteiger partial charge is 0.379 e. The van der Waals surface area contributed by atoms with E-state index in [-0.39, 0.29) is 11.9 Å². The maximum atomic E-state index is 12.8. The predicted molar refractivity (Wildman–Crippen MR) is 114 cm³/mol. The molecular formula is C22H28N6O2. The Kier molecular flexibility index (Phi) is 6.35. The summed E-state index contributed by atoms with van der Waals surface area (Å²) in [7, 11) is 0. The number of rotatable bonds is 7. The monoisotopic (exact) mass is 408 g/mol. The number of fused-ring (bicyclic) bond motifs is 1. The lowest BCUT2D eigenvalue weighted by Gasteiger charge is -2.34. The Bertz CT molecular complexity index is 982. The van der Waals surface area contributed by atoms with Gasteiger partial charge in [-0.1, -0.05) is 19.9 Å². The number of hydrogen-bond acceptors (Lipinski definition) is 6. The Morgan fingerprint density at radius 2 is 2.07 bits per heavy atom. The molecular weight excluding hydrogens is 380 g/mol. The number of carbonyl (C=O) groups is 1. The lowest BCUT2D eigenvalue weighted by Crippen LogP contribution is -2.43. The summed E-state index contributed by atoms with van der Waals surface area (Å²) in [5.74, 6) is 0.349. The molecule has 1 fully saturated rings. The predicted octanol–water partition coefficient (Wildman–Crippen LogP) is 2.29. The third kappa shape index (κ3) is 4.66. The molecule has 4 heterocycles. The highest BCUT2D eigenvalue weighted by Crippen LogP contribution is 2.21. The first-order chi connectivity index (χ1) is 14.6. The number of ether oxygens (including phenoxy) is 1. The van der Waals surface area contributed by atoms with Crippen LogP contribution in [0.3, 0.4) is 0 Å². The first-order valence-electron chi connectivity index (χ1n) is 10.4. The summed E-state index contributed by atoms with van der Waals surface area (Å²) < 4.78 is 7.51. The molecule has 0 aromatic carbocycles. The van der Waals surface area contributed by atoms with Gasteiger partial charge in [0.25, 0.3) is 5.91 Å². The van der Waals surface area contributed by atoms with Crippen LogP contribution in [0.5, 0.6) is 0 Å². The smallest absolute Gasteiger partial charge is 0.252 e. The quantitative estimate of drug-likeness (QED) is 0.646. The fourth-order valence-electron chi connectivity index (χ4n) is 3.81. The van der Waals surface area contributed by atoms with Gasteiger partial charge in [-0.25, -0.2) is 9.97 Å². The van der Waals surface area contributed by atoms with Gasteiger partial charge in [-0.15, -0.1) is 0 Å². The van der Waals surface area contributed by atoms with Gasteiger partial charge in [-0.05, 0) is 23.6 Å². The van der Waals surface area contributed by atoms with Crippen molar-refractivity contribution < 1.29 is 9.53 Å². The Morgan fingerprint density at radius 3 is 2.80 bits per heavy atom. The fraction of sp³-hybridized carbons (Fsp3) is 0.455. The Hall–Kier alpha value is -2.84. The van der Waals surface area contributed by atoms with Gasteiger partial charge >= 0.3 is 0 Å². The maximum Gasteiger partial charge on any atom is 0.252 e. The summed E-state index contributed by atoms with van der Waals surface area (Å²) >= 11 is 0. The van der Waals surface area contributed by atoms with Gasteiger partial charge < -0.3 is 14.6 Å². The minimum Gasteiger partial charge on any atom is -0.379 e. The zero-order valence-electron chi connectivity index (χ0n) is 17.5. The van der Waals surface area contributed by atoms with Crippen LogP contribution in [0, 0.1) is 5.92 Å². The molecule has 0 radical (unpaired) electrons. The van der Waals surface area contributed by atoms with Crippen LogP contribution >= 0.6 is 0 Å². The molecule has 1 amide bonds. The Labute approximate surface area is 176 Å². The van der Waals surface area contributed by atoms with Crippen LogP contribution < -0.4 is 5.32 Å². The third-order valence-electron chi connectivity index (χ3n) is 5.29. The lowest BCUT2D eigenvalue weighted by molar-refractivity contribution is 0.0161. The first-order valence-corrected chi connectivity index (χ1v) is 10.4. The topological polar surface area (TPSA) is 85.2 Å². The Morgan fingerprint density at radius 1 is 1.23 bits per heavy atom. The van der Waals surface area contributed by atoms with Gasteiger partial charge in [0.1, 0.15) is 5.52 Å². The second-order valence-electron chi connectivity index (χ2n) is 8.02. The second kappa shape index (κ2) is 9.32. The van der Waals surface area contributed by atoms with Gasteiger partial charge in [-0.2, -0.15) is 0 Å². The van der Waals surface area contributed by atoms with Crippen LogP contribution in [0.1, 0.15) is 35.8 Å². The van der Waals surface area contributed by atoms with Gasteiger partial charge in [0.15, 0.2) is 5.65 Å². The number of pyridine rings is 2. The van der Waals surface area contributed by atoms with E-state index in [0.29, 0.717) is 31.2 Å². The van der Waals surface area contributed by atoms with E-state index in [1.807, 2.05) is 29.0 Å². The lowest BCUT2D eigenvalue weighted by atomic mass is 10.1. The van der Waals surface area contributed by atoms with Crippen molar-refractivity contribution in [3.05, 3.63) is 54.2 Å². The summed E-state index contributed by atoms with van der Waals surface area (Å²) in [5, 5.41) is 3.07. The molecule has 1 unspecified atom stereocenters. The maximum absolute atomic E-state index is 12.8. The SMILES string of the molecule is CC(C)Cn1cnc2cc(C(=O)NCC(c3cccnc3)N3CCOCC3)cnc21. The van der Waals surface area contributed by atoms with E-state index in [1.165, 1.54) is 0 Å².